The molecular formula is C21H24ClNO2. The van der Waals surface area contributed by atoms with Gasteiger partial charge < -0.3 is 5.11 Å². The summed E-state index contributed by atoms with van der Waals surface area (Å²) >= 11 is 6.08. The molecule has 1 aliphatic heterocycles. The number of hydrogen-bond acceptors (Lipinski definition) is 2. The number of halogens is 1. The van der Waals surface area contributed by atoms with Gasteiger partial charge in [-0.05, 0) is 62.1 Å². The van der Waals surface area contributed by atoms with Crippen molar-refractivity contribution < 1.29 is 9.90 Å². The van der Waals surface area contributed by atoms with Crippen LogP contribution in [0.15, 0.2) is 42.5 Å². The highest BCUT2D eigenvalue weighted by molar-refractivity contribution is 6.30. The van der Waals surface area contributed by atoms with Crippen LogP contribution >= 0.6 is 11.6 Å². The Morgan fingerprint density at radius 3 is 2.60 bits per heavy atom. The maximum Gasteiger partial charge on any atom is 0.307 e. The average molecular weight is 358 g/mol. The summed E-state index contributed by atoms with van der Waals surface area (Å²) in [4.78, 5) is 13.8. The molecule has 0 aromatic heterocycles. The van der Waals surface area contributed by atoms with Gasteiger partial charge >= 0.3 is 5.97 Å². The summed E-state index contributed by atoms with van der Waals surface area (Å²) in [7, 11) is 0. The summed E-state index contributed by atoms with van der Waals surface area (Å²) in [5, 5.41) is 10.2. The first-order valence-corrected chi connectivity index (χ1v) is 9.13. The Hall–Kier alpha value is -1.84. The minimum Gasteiger partial charge on any atom is -0.481 e. The van der Waals surface area contributed by atoms with E-state index in [1.54, 1.807) is 0 Å². The number of aryl methyl sites for hydroxylation is 2. The lowest BCUT2D eigenvalue weighted by molar-refractivity contribution is -0.143. The smallest absolute Gasteiger partial charge is 0.307 e. The topological polar surface area (TPSA) is 40.5 Å². The first kappa shape index (κ1) is 18.0. The Labute approximate surface area is 154 Å². The van der Waals surface area contributed by atoms with Crippen molar-refractivity contribution in [3.63, 3.8) is 0 Å². The molecule has 25 heavy (non-hydrogen) atoms. The molecule has 1 N–H and O–H groups in total. The number of benzene rings is 2. The molecule has 2 unspecified atom stereocenters. The van der Waals surface area contributed by atoms with Crippen LogP contribution in [0.3, 0.4) is 0 Å². The summed E-state index contributed by atoms with van der Waals surface area (Å²) in [6, 6.07) is 14.5. The van der Waals surface area contributed by atoms with E-state index in [0.717, 1.165) is 24.9 Å². The maximum absolute atomic E-state index is 11.5. The molecule has 1 saturated heterocycles. The molecule has 3 nitrogen and oxygen atoms in total. The molecule has 0 amide bonds. The molecule has 2 atom stereocenters. The highest BCUT2D eigenvalue weighted by atomic mass is 35.5. The van der Waals surface area contributed by atoms with Crippen LogP contribution in [0.5, 0.6) is 0 Å². The van der Waals surface area contributed by atoms with Gasteiger partial charge in [0.15, 0.2) is 0 Å². The third kappa shape index (κ3) is 4.05. The van der Waals surface area contributed by atoms with E-state index in [4.69, 9.17) is 11.6 Å². The first-order chi connectivity index (χ1) is 12.0. The van der Waals surface area contributed by atoms with Crippen molar-refractivity contribution in [1.29, 1.82) is 0 Å². The molecular weight excluding hydrogens is 334 g/mol. The van der Waals surface area contributed by atoms with Crippen LogP contribution in [0.25, 0.3) is 0 Å². The lowest BCUT2D eigenvalue weighted by atomic mass is 9.89. The van der Waals surface area contributed by atoms with Crippen molar-refractivity contribution in [2.75, 3.05) is 13.1 Å². The van der Waals surface area contributed by atoms with Crippen LogP contribution in [-0.4, -0.2) is 29.1 Å². The van der Waals surface area contributed by atoms with Gasteiger partial charge in [0, 0.05) is 11.6 Å². The van der Waals surface area contributed by atoms with Crippen molar-refractivity contribution in [2.45, 2.75) is 32.7 Å². The van der Waals surface area contributed by atoms with Gasteiger partial charge in [-0.1, -0.05) is 47.5 Å². The van der Waals surface area contributed by atoms with E-state index in [1.807, 2.05) is 12.1 Å². The molecule has 132 valence electrons. The van der Waals surface area contributed by atoms with Crippen molar-refractivity contribution in [3.05, 3.63) is 69.7 Å². The molecule has 4 heteroatoms. The molecule has 2 aromatic rings. The summed E-state index contributed by atoms with van der Waals surface area (Å²) in [6.45, 7) is 5.70. The Balaban J connectivity index is 2.04. The summed E-state index contributed by atoms with van der Waals surface area (Å²) < 4.78 is 0. The SMILES string of the molecule is Cc1ccc(C)c(C(c2ccc(Cl)cc2)N2CCCC(C(=O)O)C2)c1. The van der Waals surface area contributed by atoms with E-state index in [0.29, 0.717) is 11.6 Å². The van der Waals surface area contributed by atoms with Crippen molar-refractivity contribution in [2.24, 2.45) is 5.92 Å². The van der Waals surface area contributed by atoms with Gasteiger partial charge in [-0.3, -0.25) is 9.69 Å². The number of carbonyl (C=O) groups is 1. The molecule has 0 radical (unpaired) electrons. The van der Waals surface area contributed by atoms with Crippen LogP contribution in [0.1, 0.15) is 41.1 Å². The molecule has 2 aromatic carbocycles. The second-order valence-corrected chi connectivity index (χ2v) is 7.42. The number of rotatable bonds is 4. The Morgan fingerprint density at radius 1 is 1.20 bits per heavy atom. The van der Waals surface area contributed by atoms with Gasteiger partial charge in [0.05, 0.1) is 12.0 Å². The van der Waals surface area contributed by atoms with Gasteiger partial charge in [-0.2, -0.15) is 0 Å². The highest BCUT2D eigenvalue weighted by Gasteiger charge is 2.31. The van der Waals surface area contributed by atoms with Crippen molar-refractivity contribution in [3.8, 4) is 0 Å². The molecule has 1 aliphatic rings. The summed E-state index contributed by atoms with van der Waals surface area (Å²) in [5.41, 5.74) is 4.84. The number of piperidine rings is 1. The molecule has 0 bridgehead atoms. The standard InChI is InChI=1S/C21H24ClNO2/c1-14-5-6-15(2)19(12-14)20(16-7-9-18(22)10-8-16)23-11-3-4-17(13-23)21(24)25/h5-10,12,17,20H,3-4,11,13H2,1-2H3,(H,24,25). The molecule has 0 aliphatic carbocycles. The highest BCUT2D eigenvalue weighted by Crippen LogP contribution is 2.35. The zero-order chi connectivity index (χ0) is 18.0. The fourth-order valence-electron chi connectivity index (χ4n) is 3.73. The van der Waals surface area contributed by atoms with E-state index in [-0.39, 0.29) is 12.0 Å². The fraction of sp³-hybridized carbons (Fsp3) is 0.381. The zero-order valence-electron chi connectivity index (χ0n) is 14.7. The minimum absolute atomic E-state index is 0.0549. The van der Waals surface area contributed by atoms with Gasteiger partial charge in [0.1, 0.15) is 0 Å². The largest absolute Gasteiger partial charge is 0.481 e. The van der Waals surface area contributed by atoms with E-state index in [1.165, 1.54) is 16.7 Å². The summed E-state index contributed by atoms with van der Waals surface area (Å²) in [5.74, 6) is -0.991. The van der Waals surface area contributed by atoms with E-state index in [2.05, 4.69) is 49.1 Å². The second kappa shape index (κ2) is 7.59. The van der Waals surface area contributed by atoms with Crippen LogP contribution in [0.2, 0.25) is 5.02 Å². The second-order valence-electron chi connectivity index (χ2n) is 6.99. The van der Waals surface area contributed by atoms with E-state index < -0.39 is 5.97 Å². The lowest BCUT2D eigenvalue weighted by Crippen LogP contribution is -2.41. The minimum atomic E-state index is -0.694. The van der Waals surface area contributed by atoms with Crippen molar-refractivity contribution in [1.82, 2.24) is 4.90 Å². The molecule has 3 rings (SSSR count). The third-order valence-corrected chi connectivity index (χ3v) is 5.33. The number of hydrogen-bond donors (Lipinski definition) is 1. The number of carboxylic acids is 1. The number of likely N-dealkylation sites (tertiary alicyclic amines) is 1. The third-order valence-electron chi connectivity index (χ3n) is 5.08. The molecule has 0 saturated carbocycles. The van der Waals surface area contributed by atoms with Gasteiger partial charge in [-0.25, -0.2) is 0 Å². The lowest BCUT2D eigenvalue weighted by Gasteiger charge is -2.38. The fourth-order valence-corrected chi connectivity index (χ4v) is 3.86. The number of carboxylic acid groups (broad SMARTS) is 1. The van der Waals surface area contributed by atoms with Crippen LogP contribution in [-0.2, 0) is 4.79 Å². The van der Waals surface area contributed by atoms with Gasteiger partial charge in [0.2, 0.25) is 0 Å². The van der Waals surface area contributed by atoms with E-state index >= 15 is 0 Å². The summed E-state index contributed by atoms with van der Waals surface area (Å²) in [6.07, 6.45) is 1.66. The van der Waals surface area contributed by atoms with Crippen LogP contribution in [0, 0.1) is 19.8 Å². The molecule has 1 fully saturated rings. The monoisotopic (exact) mass is 357 g/mol. The Morgan fingerprint density at radius 2 is 1.92 bits per heavy atom. The number of nitrogens with zero attached hydrogens (tertiary/aromatic N) is 1. The average Bonchev–Trinajstić information content (AvgIpc) is 2.60. The van der Waals surface area contributed by atoms with Crippen molar-refractivity contribution >= 4 is 17.6 Å². The van der Waals surface area contributed by atoms with Crippen LogP contribution in [0.4, 0.5) is 0 Å². The zero-order valence-corrected chi connectivity index (χ0v) is 15.5. The molecule has 0 spiro atoms. The van der Waals surface area contributed by atoms with Gasteiger partial charge in [0.25, 0.3) is 0 Å². The number of aliphatic carboxylic acids is 1. The van der Waals surface area contributed by atoms with Crippen LogP contribution < -0.4 is 0 Å². The van der Waals surface area contributed by atoms with Gasteiger partial charge in [-0.15, -0.1) is 0 Å². The predicted molar refractivity (Wildman–Crippen MR) is 101 cm³/mol. The quantitative estimate of drug-likeness (QED) is 0.850. The first-order valence-electron chi connectivity index (χ1n) is 8.75. The van der Waals surface area contributed by atoms with E-state index in [9.17, 15) is 9.90 Å². The Kier molecular flexibility index (Phi) is 5.45. The molecule has 1 heterocycles. The normalized spacial score (nSPS) is 19.6. The Bertz CT molecular complexity index is 757. The maximum atomic E-state index is 11.5. The predicted octanol–water partition coefficient (Wildman–Crippen LogP) is 4.84.